The standard InChI is InChI=1S/C41H27N3/c1-2-11-35-32(8-1)25-39(38-15-6-5-13-36(35)38)37-14-4-3-12-34(37)31-10-7-9-30(24-31)33-26-40(28-16-20-42-21-17-28)44-41(27-33)29-18-22-43-23-19-29/h1-27H. The van der Waals surface area contributed by atoms with Crippen molar-refractivity contribution in [1.82, 2.24) is 15.0 Å². The highest BCUT2D eigenvalue weighted by atomic mass is 14.7. The molecular weight excluding hydrogens is 534 g/mol. The molecule has 3 heterocycles. The number of pyridine rings is 3. The lowest BCUT2D eigenvalue weighted by Gasteiger charge is -2.16. The first-order chi connectivity index (χ1) is 21.8. The SMILES string of the molecule is c1cc(-c2cc(-c3ccncc3)nc(-c3ccncc3)c2)cc(-c2ccccc2-c2cc3ccccc3c3ccccc23)c1. The van der Waals surface area contributed by atoms with E-state index in [4.69, 9.17) is 4.98 Å². The van der Waals surface area contributed by atoms with Crippen LogP contribution in [0.3, 0.4) is 0 Å². The molecule has 0 saturated heterocycles. The third-order valence-corrected chi connectivity index (χ3v) is 8.27. The molecule has 0 saturated carbocycles. The number of benzene rings is 5. The van der Waals surface area contributed by atoms with E-state index in [1.165, 1.54) is 43.8 Å². The minimum atomic E-state index is 0.908. The highest BCUT2D eigenvalue weighted by Crippen LogP contribution is 2.40. The van der Waals surface area contributed by atoms with Crippen LogP contribution in [0.4, 0.5) is 0 Å². The molecule has 0 bridgehead atoms. The lowest BCUT2D eigenvalue weighted by atomic mass is 9.88. The Hall–Kier alpha value is -5.93. The van der Waals surface area contributed by atoms with Crippen LogP contribution < -0.4 is 0 Å². The van der Waals surface area contributed by atoms with Crippen molar-refractivity contribution in [3.8, 4) is 55.9 Å². The summed E-state index contributed by atoms with van der Waals surface area (Å²) >= 11 is 0. The molecule has 3 nitrogen and oxygen atoms in total. The molecule has 0 N–H and O–H groups in total. The summed E-state index contributed by atoms with van der Waals surface area (Å²) in [7, 11) is 0. The van der Waals surface area contributed by atoms with E-state index >= 15 is 0 Å². The van der Waals surface area contributed by atoms with Gasteiger partial charge in [-0.25, -0.2) is 4.98 Å². The van der Waals surface area contributed by atoms with Gasteiger partial charge in [-0.2, -0.15) is 0 Å². The van der Waals surface area contributed by atoms with Crippen LogP contribution in [0.5, 0.6) is 0 Å². The molecule has 206 valence electrons. The second-order valence-corrected chi connectivity index (χ2v) is 10.9. The molecule has 8 rings (SSSR count). The van der Waals surface area contributed by atoms with E-state index < -0.39 is 0 Å². The van der Waals surface area contributed by atoms with E-state index in [1.807, 2.05) is 49.1 Å². The lowest BCUT2D eigenvalue weighted by molar-refractivity contribution is 1.27. The Morgan fingerprint density at radius 1 is 0.318 bits per heavy atom. The molecule has 0 amide bonds. The maximum absolute atomic E-state index is 5.03. The minimum absolute atomic E-state index is 0.908. The zero-order valence-corrected chi connectivity index (χ0v) is 23.9. The first kappa shape index (κ1) is 25.8. The van der Waals surface area contributed by atoms with Crippen LogP contribution in [-0.4, -0.2) is 15.0 Å². The van der Waals surface area contributed by atoms with Crippen molar-refractivity contribution in [3.63, 3.8) is 0 Å². The molecule has 0 unspecified atom stereocenters. The maximum atomic E-state index is 5.03. The van der Waals surface area contributed by atoms with Crippen molar-refractivity contribution >= 4 is 21.5 Å². The van der Waals surface area contributed by atoms with Crippen LogP contribution in [-0.2, 0) is 0 Å². The number of rotatable bonds is 5. The molecule has 0 spiro atoms. The maximum Gasteiger partial charge on any atom is 0.0716 e. The van der Waals surface area contributed by atoms with Gasteiger partial charge in [0.05, 0.1) is 11.4 Å². The minimum Gasteiger partial charge on any atom is -0.265 e. The van der Waals surface area contributed by atoms with Crippen LogP contribution in [0.1, 0.15) is 0 Å². The molecule has 0 aliphatic heterocycles. The van der Waals surface area contributed by atoms with E-state index in [0.717, 1.165) is 33.6 Å². The summed E-state index contributed by atoms with van der Waals surface area (Å²) in [6, 6.07) is 49.7. The summed E-state index contributed by atoms with van der Waals surface area (Å²) in [4.78, 5) is 13.5. The summed E-state index contributed by atoms with van der Waals surface area (Å²) in [6.45, 7) is 0. The Labute approximate surface area is 256 Å². The smallest absolute Gasteiger partial charge is 0.0716 e. The topological polar surface area (TPSA) is 38.7 Å². The Balaban J connectivity index is 1.30. The fourth-order valence-electron chi connectivity index (χ4n) is 6.15. The Morgan fingerprint density at radius 2 is 0.886 bits per heavy atom. The third kappa shape index (κ3) is 4.71. The second-order valence-electron chi connectivity index (χ2n) is 10.9. The Kier molecular flexibility index (Phi) is 6.47. The summed E-state index contributed by atoms with van der Waals surface area (Å²) in [5.74, 6) is 0. The molecule has 44 heavy (non-hydrogen) atoms. The summed E-state index contributed by atoms with van der Waals surface area (Å²) in [5.41, 5.74) is 10.9. The van der Waals surface area contributed by atoms with Gasteiger partial charge in [-0.05, 0) is 103 Å². The number of aromatic nitrogens is 3. The van der Waals surface area contributed by atoms with Gasteiger partial charge in [0.1, 0.15) is 0 Å². The number of nitrogens with zero attached hydrogens (tertiary/aromatic N) is 3. The van der Waals surface area contributed by atoms with Gasteiger partial charge in [-0.3, -0.25) is 9.97 Å². The predicted molar refractivity (Wildman–Crippen MR) is 182 cm³/mol. The van der Waals surface area contributed by atoms with Crippen molar-refractivity contribution in [2.75, 3.05) is 0 Å². The number of fused-ring (bicyclic) bond motifs is 3. The molecule has 5 aromatic carbocycles. The largest absolute Gasteiger partial charge is 0.265 e. The van der Waals surface area contributed by atoms with Crippen molar-refractivity contribution < 1.29 is 0 Å². The lowest BCUT2D eigenvalue weighted by Crippen LogP contribution is -1.92. The first-order valence-corrected chi connectivity index (χ1v) is 14.8. The van der Waals surface area contributed by atoms with E-state index in [2.05, 4.69) is 125 Å². The van der Waals surface area contributed by atoms with E-state index in [1.54, 1.807) is 0 Å². The molecule has 3 heteroatoms. The second kappa shape index (κ2) is 11.0. The monoisotopic (exact) mass is 561 g/mol. The van der Waals surface area contributed by atoms with E-state index in [9.17, 15) is 0 Å². The molecule has 0 aliphatic rings. The summed E-state index contributed by atoms with van der Waals surface area (Å²) in [6.07, 6.45) is 7.24. The van der Waals surface area contributed by atoms with Crippen LogP contribution in [0.25, 0.3) is 77.4 Å². The molecule has 0 atom stereocenters. The number of hydrogen-bond donors (Lipinski definition) is 0. The van der Waals surface area contributed by atoms with E-state index in [0.29, 0.717) is 0 Å². The highest BCUT2D eigenvalue weighted by molar-refractivity contribution is 6.14. The Bertz CT molecular complexity index is 2220. The van der Waals surface area contributed by atoms with Crippen molar-refractivity contribution in [1.29, 1.82) is 0 Å². The number of hydrogen-bond acceptors (Lipinski definition) is 3. The zero-order valence-electron chi connectivity index (χ0n) is 23.9. The summed E-state index contributed by atoms with van der Waals surface area (Å²) < 4.78 is 0. The van der Waals surface area contributed by atoms with Gasteiger partial charge in [0.2, 0.25) is 0 Å². The van der Waals surface area contributed by atoms with Gasteiger partial charge in [0, 0.05) is 35.9 Å². The van der Waals surface area contributed by atoms with Gasteiger partial charge in [-0.15, -0.1) is 0 Å². The first-order valence-electron chi connectivity index (χ1n) is 14.8. The van der Waals surface area contributed by atoms with Crippen LogP contribution in [0.15, 0.2) is 164 Å². The molecule has 8 aromatic rings. The summed E-state index contributed by atoms with van der Waals surface area (Å²) in [5, 5.41) is 5.05. The predicted octanol–water partition coefficient (Wildman–Crippen LogP) is 10.5. The van der Waals surface area contributed by atoms with Gasteiger partial charge in [-0.1, -0.05) is 91.0 Å². The molecular formula is C41H27N3. The van der Waals surface area contributed by atoms with Crippen LogP contribution in [0, 0.1) is 0 Å². The Morgan fingerprint density at radius 3 is 1.59 bits per heavy atom. The normalized spacial score (nSPS) is 11.2. The molecule has 0 fully saturated rings. The van der Waals surface area contributed by atoms with Gasteiger partial charge < -0.3 is 0 Å². The van der Waals surface area contributed by atoms with Crippen LogP contribution in [0.2, 0.25) is 0 Å². The molecule has 3 aromatic heterocycles. The van der Waals surface area contributed by atoms with Crippen LogP contribution >= 0.6 is 0 Å². The highest BCUT2D eigenvalue weighted by Gasteiger charge is 2.14. The van der Waals surface area contributed by atoms with Crippen molar-refractivity contribution in [2.24, 2.45) is 0 Å². The molecule has 0 radical (unpaired) electrons. The van der Waals surface area contributed by atoms with Crippen molar-refractivity contribution in [3.05, 3.63) is 164 Å². The third-order valence-electron chi connectivity index (χ3n) is 8.27. The average Bonchev–Trinajstić information content (AvgIpc) is 3.12. The fourth-order valence-corrected chi connectivity index (χ4v) is 6.15. The zero-order chi connectivity index (χ0) is 29.3. The average molecular weight is 562 g/mol. The van der Waals surface area contributed by atoms with Crippen molar-refractivity contribution in [2.45, 2.75) is 0 Å². The van der Waals surface area contributed by atoms with Gasteiger partial charge in [0.25, 0.3) is 0 Å². The van der Waals surface area contributed by atoms with Gasteiger partial charge in [0.15, 0.2) is 0 Å². The molecule has 0 aliphatic carbocycles. The quantitative estimate of drug-likeness (QED) is 0.196. The van der Waals surface area contributed by atoms with Gasteiger partial charge >= 0.3 is 0 Å². The van der Waals surface area contributed by atoms with E-state index in [-0.39, 0.29) is 0 Å². The fraction of sp³-hybridized carbons (Fsp3) is 0.